The van der Waals surface area contributed by atoms with Gasteiger partial charge in [0.2, 0.25) is 5.91 Å². The Hall–Kier alpha value is -2.50. The van der Waals surface area contributed by atoms with Gasteiger partial charge >= 0.3 is 0 Å². The van der Waals surface area contributed by atoms with Crippen LogP contribution in [0, 0.1) is 17.7 Å². The number of hydrogen-bond donors (Lipinski definition) is 1. The highest BCUT2D eigenvalue weighted by Gasteiger charge is 2.25. The molecule has 0 saturated carbocycles. The summed E-state index contributed by atoms with van der Waals surface area (Å²) in [6, 6.07) is 8.22. The molecule has 27 heavy (non-hydrogen) atoms. The van der Waals surface area contributed by atoms with Gasteiger partial charge in [0.15, 0.2) is 0 Å². The maximum Gasteiger partial charge on any atom is 0.223 e. The van der Waals surface area contributed by atoms with Gasteiger partial charge in [0, 0.05) is 37.2 Å². The standard InChI is InChI=1S/C21H27FN4O/c1-15(2)7-10-23-21(27)17-8-11-26(12-9-17)20-13-19(24-14-25-20)16-3-5-18(22)6-4-16/h3-6,13-15,17H,7-12H2,1-2H3,(H,23,27). The number of hydrogen-bond acceptors (Lipinski definition) is 4. The van der Waals surface area contributed by atoms with E-state index in [1.807, 2.05) is 6.07 Å². The molecule has 2 heterocycles. The summed E-state index contributed by atoms with van der Waals surface area (Å²) >= 11 is 0. The maximum absolute atomic E-state index is 13.1. The molecule has 1 N–H and O–H groups in total. The highest BCUT2D eigenvalue weighted by Crippen LogP contribution is 2.25. The summed E-state index contributed by atoms with van der Waals surface area (Å²) in [7, 11) is 0. The number of carbonyl (C=O) groups excluding carboxylic acids is 1. The van der Waals surface area contributed by atoms with Crippen LogP contribution in [0.25, 0.3) is 11.3 Å². The molecule has 5 nitrogen and oxygen atoms in total. The first-order valence-corrected chi connectivity index (χ1v) is 9.63. The zero-order chi connectivity index (χ0) is 19.2. The van der Waals surface area contributed by atoms with Crippen LogP contribution < -0.4 is 10.2 Å². The summed E-state index contributed by atoms with van der Waals surface area (Å²) in [4.78, 5) is 23.2. The van der Waals surface area contributed by atoms with Crippen LogP contribution in [0.2, 0.25) is 0 Å². The second-order valence-corrected chi connectivity index (χ2v) is 7.50. The van der Waals surface area contributed by atoms with Gasteiger partial charge in [-0.3, -0.25) is 4.79 Å². The molecule has 1 aliphatic rings. The second-order valence-electron chi connectivity index (χ2n) is 7.50. The molecular weight excluding hydrogens is 343 g/mol. The summed E-state index contributed by atoms with van der Waals surface area (Å²) < 4.78 is 13.1. The molecule has 6 heteroatoms. The number of benzene rings is 1. The average Bonchev–Trinajstić information content (AvgIpc) is 2.68. The van der Waals surface area contributed by atoms with Crippen molar-refractivity contribution in [1.29, 1.82) is 0 Å². The fourth-order valence-corrected chi connectivity index (χ4v) is 3.30. The van der Waals surface area contributed by atoms with Crippen LogP contribution in [-0.2, 0) is 4.79 Å². The van der Waals surface area contributed by atoms with Crippen molar-refractivity contribution in [2.75, 3.05) is 24.5 Å². The van der Waals surface area contributed by atoms with Gasteiger partial charge in [-0.2, -0.15) is 0 Å². The van der Waals surface area contributed by atoms with Crippen molar-refractivity contribution in [2.45, 2.75) is 33.1 Å². The van der Waals surface area contributed by atoms with Gasteiger partial charge in [0.1, 0.15) is 18.0 Å². The SMILES string of the molecule is CC(C)CCNC(=O)C1CCN(c2cc(-c3ccc(F)cc3)ncn2)CC1. The molecule has 0 aliphatic carbocycles. The van der Waals surface area contributed by atoms with Crippen LogP contribution in [0.3, 0.4) is 0 Å². The lowest BCUT2D eigenvalue weighted by Crippen LogP contribution is -2.41. The van der Waals surface area contributed by atoms with Gasteiger partial charge in [-0.25, -0.2) is 14.4 Å². The van der Waals surface area contributed by atoms with E-state index in [2.05, 4.69) is 34.0 Å². The Labute approximate surface area is 160 Å². The van der Waals surface area contributed by atoms with E-state index in [1.54, 1.807) is 18.5 Å². The van der Waals surface area contributed by atoms with E-state index in [4.69, 9.17) is 0 Å². The first-order valence-electron chi connectivity index (χ1n) is 9.63. The molecule has 0 atom stereocenters. The number of piperidine rings is 1. The number of halogens is 1. The van der Waals surface area contributed by atoms with Crippen molar-refractivity contribution < 1.29 is 9.18 Å². The lowest BCUT2D eigenvalue weighted by molar-refractivity contribution is -0.125. The van der Waals surface area contributed by atoms with E-state index in [0.29, 0.717) is 5.92 Å². The van der Waals surface area contributed by atoms with Crippen molar-refractivity contribution in [3.63, 3.8) is 0 Å². The minimum Gasteiger partial charge on any atom is -0.356 e. The Morgan fingerprint density at radius 3 is 2.59 bits per heavy atom. The number of nitrogens with zero attached hydrogens (tertiary/aromatic N) is 3. The molecule has 2 aromatic rings. The summed E-state index contributed by atoms with van der Waals surface area (Å²) in [6.07, 6.45) is 4.20. The molecule has 1 aromatic carbocycles. The van der Waals surface area contributed by atoms with Crippen LogP contribution in [0.5, 0.6) is 0 Å². The highest BCUT2D eigenvalue weighted by atomic mass is 19.1. The van der Waals surface area contributed by atoms with Crippen LogP contribution >= 0.6 is 0 Å². The Kier molecular flexibility index (Phi) is 6.37. The predicted octanol–water partition coefficient (Wildman–Crippen LogP) is 3.66. The molecule has 1 fully saturated rings. The van der Waals surface area contributed by atoms with Gasteiger partial charge < -0.3 is 10.2 Å². The number of rotatable bonds is 6. The van der Waals surface area contributed by atoms with E-state index in [9.17, 15) is 9.18 Å². The fraction of sp³-hybridized carbons (Fsp3) is 0.476. The van der Waals surface area contributed by atoms with E-state index in [-0.39, 0.29) is 17.6 Å². The van der Waals surface area contributed by atoms with Gasteiger partial charge in [-0.15, -0.1) is 0 Å². The van der Waals surface area contributed by atoms with Gasteiger partial charge in [-0.05, 0) is 49.4 Å². The zero-order valence-electron chi connectivity index (χ0n) is 16.0. The van der Waals surface area contributed by atoms with Gasteiger partial charge in [0.05, 0.1) is 5.69 Å². The van der Waals surface area contributed by atoms with Crippen molar-refractivity contribution in [3.8, 4) is 11.3 Å². The van der Waals surface area contributed by atoms with E-state index in [0.717, 1.165) is 56.0 Å². The number of carbonyl (C=O) groups is 1. The van der Waals surface area contributed by atoms with E-state index < -0.39 is 0 Å². The molecule has 0 bridgehead atoms. The number of anilines is 1. The third-order valence-corrected chi connectivity index (χ3v) is 5.00. The molecule has 1 aliphatic heterocycles. The van der Waals surface area contributed by atoms with Crippen LogP contribution in [0.15, 0.2) is 36.7 Å². The topological polar surface area (TPSA) is 58.1 Å². The third kappa shape index (κ3) is 5.25. The molecule has 1 aromatic heterocycles. The van der Waals surface area contributed by atoms with Crippen molar-refractivity contribution in [1.82, 2.24) is 15.3 Å². The maximum atomic E-state index is 13.1. The summed E-state index contributed by atoms with van der Waals surface area (Å²) in [5, 5.41) is 3.06. The van der Waals surface area contributed by atoms with Gasteiger partial charge in [0.25, 0.3) is 0 Å². The van der Waals surface area contributed by atoms with Crippen LogP contribution in [0.4, 0.5) is 10.2 Å². The largest absolute Gasteiger partial charge is 0.356 e. The quantitative estimate of drug-likeness (QED) is 0.843. The minimum absolute atomic E-state index is 0.0758. The minimum atomic E-state index is -0.262. The monoisotopic (exact) mass is 370 g/mol. The lowest BCUT2D eigenvalue weighted by atomic mass is 9.95. The van der Waals surface area contributed by atoms with Crippen LogP contribution in [0.1, 0.15) is 33.1 Å². The number of aromatic nitrogens is 2. The number of nitrogens with one attached hydrogen (secondary N) is 1. The van der Waals surface area contributed by atoms with Crippen molar-refractivity contribution in [2.24, 2.45) is 11.8 Å². The Balaban J connectivity index is 1.57. The number of amides is 1. The van der Waals surface area contributed by atoms with Crippen LogP contribution in [-0.4, -0.2) is 35.5 Å². The van der Waals surface area contributed by atoms with E-state index >= 15 is 0 Å². The normalized spacial score (nSPS) is 15.2. The summed E-state index contributed by atoms with van der Waals surface area (Å²) in [5.74, 6) is 1.43. The Bertz CT molecular complexity index is 755. The lowest BCUT2D eigenvalue weighted by Gasteiger charge is -2.32. The molecule has 0 unspecified atom stereocenters. The third-order valence-electron chi connectivity index (χ3n) is 5.00. The molecule has 3 rings (SSSR count). The summed E-state index contributed by atoms with van der Waals surface area (Å²) in [5.41, 5.74) is 1.63. The van der Waals surface area contributed by atoms with E-state index in [1.165, 1.54) is 12.1 Å². The van der Waals surface area contributed by atoms with Crippen molar-refractivity contribution in [3.05, 3.63) is 42.5 Å². The Morgan fingerprint density at radius 2 is 1.93 bits per heavy atom. The molecule has 0 spiro atoms. The smallest absolute Gasteiger partial charge is 0.223 e. The molecule has 144 valence electrons. The fourth-order valence-electron chi connectivity index (χ4n) is 3.30. The predicted molar refractivity (Wildman–Crippen MR) is 105 cm³/mol. The zero-order valence-corrected chi connectivity index (χ0v) is 16.0. The second kappa shape index (κ2) is 8.93. The Morgan fingerprint density at radius 1 is 1.22 bits per heavy atom. The van der Waals surface area contributed by atoms with Gasteiger partial charge in [-0.1, -0.05) is 13.8 Å². The molecule has 1 amide bonds. The molecule has 0 radical (unpaired) electrons. The molecular formula is C21H27FN4O. The summed E-state index contributed by atoms with van der Waals surface area (Å²) in [6.45, 7) is 6.66. The van der Waals surface area contributed by atoms with Crippen molar-refractivity contribution >= 4 is 11.7 Å². The first kappa shape index (κ1) is 19.3. The first-order chi connectivity index (χ1) is 13.0. The molecule has 1 saturated heterocycles. The average molecular weight is 370 g/mol. The highest BCUT2D eigenvalue weighted by molar-refractivity contribution is 5.79.